The Bertz CT molecular complexity index is 617. The second kappa shape index (κ2) is 8.22. The van der Waals surface area contributed by atoms with Crippen molar-refractivity contribution in [2.45, 2.75) is 51.5 Å². The van der Waals surface area contributed by atoms with Crippen LogP contribution in [0.1, 0.15) is 55.8 Å². The number of carbonyl (C=O) groups is 2. The maximum atomic E-state index is 12.1. The molecule has 2 bridgehead atoms. The molecule has 0 radical (unpaired) electrons. The van der Waals surface area contributed by atoms with Crippen LogP contribution in [0.15, 0.2) is 24.3 Å². The first-order valence-electron chi connectivity index (χ1n) is 9.36. The molecule has 0 spiro atoms. The van der Waals surface area contributed by atoms with E-state index in [0.717, 1.165) is 11.8 Å². The summed E-state index contributed by atoms with van der Waals surface area (Å²) in [6.45, 7) is 2.64. The minimum atomic E-state index is -0.132. The molecule has 4 nitrogen and oxygen atoms in total. The van der Waals surface area contributed by atoms with E-state index in [1.807, 2.05) is 0 Å². The summed E-state index contributed by atoms with van der Waals surface area (Å²) in [6.07, 6.45) is 6.47. The molecule has 0 aliphatic heterocycles. The van der Waals surface area contributed by atoms with Crippen LogP contribution < -0.4 is 10.6 Å². The number of benzene rings is 1. The Labute approximate surface area is 154 Å². The topological polar surface area (TPSA) is 58.2 Å². The standard InChI is InChI=1S/C20H27ClN2O2/c1-13(18-12-14-4-5-16(18)11-14)23-19(24)3-2-10-22-20(25)15-6-8-17(21)9-7-15/h6-9,13-14,16,18H,2-5,10-12H2,1H3,(H,22,25)(H,23,24)/t13-,14-,16-,18+/m1/s1. The highest BCUT2D eigenvalue weighted by Crippen LogP contribution is 2.49. The third-order valence-electron chi connectivity index (χ3n) is 5.80. The number of amides is 2. The number of hydrogen-bond donors (Lipinski definition) is 2. The van der Waals surface area contributed by atoms with Gasteiger partial charge in [-0.05, 0) is 74.6 Å². The van der Waals surface area contributed by atoms with Gasteiger partial charge in [-0.3, -0.25) is 9.59 Å². The van der Waals surface area contributed by atoms with E-state index >= 15 is 0 Å². The third-order valence-corrected chi connectivity index (χ3v) is 6.05. The summed E-state index contributed by atoms with van der Waals surface area (Å²) in [6, 6.07) is 7.05. The average molecular weight is 363 g/mol. The fourth-order valence-electron chi connectivity index (χ4n) is 4.49. The molecule has 2 fully saturated rings. The van der Waals surface area contributed by atoms with Crippen LogP contribution in [-0.2, 0) is 4.79 Å². The van der Waals surface area contributed by atoms with Crippen LogP contribution in [0.3, 0.4) is 0 Å². The van der Waals surface area contributed by atoms with Gasteiger partial charge in [-0.15, -0.1) is 0 Å². The summed E-state index contributed by atoms with van der Waals surface area (Å²) >= 11 is 5.81. The van der Waals surface area contributed by atoms with Gasteiger partial charge in [-0.2, -0.15) is 0 Å². The Hall–Kier alpha value is -1.55. The summed E-state index contributed by atoms with van der Waals surface area (Å²) in [7, 11) is 0. The first-order chi connectivity index (χ1) is 12.0. The molecule has 2 N–H and O–H groups in total. The molecule has 0 unspecified atom stereocenters. The lowest BCUT2D eigenvalue weighted by atomic mass is 9.84. The van der Waals surface area contributed by atoms with Crippen LogP contribution in [0.5, 0.6) is 0 Å². The van der Waals surface area contributed by atoms with Crippen molar-refractivity contribution in [2.75, 3.05) is 6.54 Å². The van der Waals surface area contributed by atoms with Gasteiger partial charge in [0.15, 0.2) is 0 Å². The largest absolute Gasteiger partial charge is 0.353 e. The van der Waals surface area contributed by atoms with Crippen molar-refractivity contribution in [3.05, 3.63) is 34.9 Å². The number of hydrogen-bond acceptors (Lipinski definition) is 2. The molecule has 2 saturated carbocycles. The van der Waals surface area contributed by atoms with Crippen molar-refractivity contribution in [1.82, 2.24) is 10.6 Å². The first kappa shape index (κ1) is 18.2. The molecular formula is C20H27ClN2O2. The molecule has 0 heterocycles. The Morgan fingerprint density at radius 2 is 1.96 bits per heavy atom. The lowest BCUT2D eigenvalue weighted by Crippen LogP contribution is -2.40. The molecule has 1 aromatic rings. The third kappa shape index (κ3) is 4.75. The van der Waals surface area contributed by atoms with E-state index in [0.29, 0.717) is 35.9 Å². The van der Waals surface area contributed by atoms with Crippen molar-refractivity contribution in [1.29, 1.82) is 0 Å². The lowest BCUT2D eigenvalue weighted by molar-refractivity contribution is -0.122. The van der Waals surface area contributed by atoms with Crippen LogP contribution >= 0.6 is 11.6 Å². The minimum Gasteiger partial charge on any atom is -0.353 e. The van der Waals surface area contributed by atoms with Crippen molar-refractivity contribution in [2.24, 2.45) is 17.8 Å². The second-order valence-electron chi connectivity index (χ2n) is 7.56. The summed E-state index contributed by atoms with van der Waals surface area (Å²) in [5, 5.41) is 6.62. The number of rotatable bonds is 7. The highest BCUT2D eigenvalue weighted by atomic mass is 35.5. The highest BCUT2D eigenvalue weighted by Gasteiger charge is 2.41. The fraction of sp³-hybridized carbons (Fsp3) is 0.600. The minimum absolute atomic E-state index is 0.0935. The van der Waals surface area contributed by atoms with Crippen LogP contribution in [0, 0.1) is 17.8 Å². The number of carbonyl (C=O) groups excluding carboxylic acids is 2. The van der Waals surface area contributed by atoms with Crippen molar-refractivity contribution < 1.29 is 9.59 Å². The molecule has 0 aromatic heterocycles. The smallest absolute Gasteiger partial charge is 0.251 e. The summed E-state index contributed by atoms with van der Waals surface area (Å²) in [5.41, 5.74) is 0.582. The van der Waals surface area contributed by atoms with Gasteiger partial charge in [0, 0.05) is 29.6 Å². The molecular weight excluding hydrogens is 336 g/mol. The van der Waals surface area contributed by atoms with Crippen LogP contribution in [0.25, 0.3) is 0 Å². The molecule has 4 atom stereocenters. The van der Waals surface area contributed by atoms with Gasteiger partial charge >= 0.3 is 0 Å². The van der Waals surface area contributed by atoms with Crippen molar-refractivity contribution >= 4 is 23.4 Å². The Morgan fingerprint density at radius 1 is 1.20 bits per heavy atom. The van der Waals surface area contributed by atoms with Crippen molar-refractivity contribution in [3.8, 4) is 0 Å². The van der Waals surface area contributed by atoms with Gasteiger partial charge in [0.1, 0.15) is 0 Å². The SMILES string of the molecule is C[C@@H](NC(=O)CCCNC(=O)c1ccc(Cl)cc1)[C@@H]1C[C@@H]2CC[C@@H]1C2. The predicted octanol–water partition coefficient (Wildman–Crippen LogP) is 3.79. The Morgan fingerprint density at radius 3 is 2.60 bits per heavy atom. The summed E-state index contributed by atoms with van der Waals surface area (Å²) in [5.74, 6) is 2.34. The number of halogens is 1. The average Bonchev–Trinajstić information content (AvgIpc) is 3.22. The molecule has 2 amide bonds. The fourth-order valence-corrected chi connectivity index (χ4v) is 4.62. The quantitative estimate of drug-likeness (QED) is 0.725. The maximum absolute atomic E-state index is 12.1. The van der Waals surface area contributed by atoms with E-state index in [-0.39, 0.29) is 17.9 Å². The van der Waals surface area contributed by atoms with Gasteiger partial charge in [-0.1, -0.05) is 18.0 Å². The van der Waals surface area contributed by atoms with E-state index in [1.54, 1.807) is 24.3 Å². The summed E-state index contributed by atoms with van der Waals surface area (Å²) < 4.78 is 0. The zero-order chi connectivity index (χ0) is 17.8. The van der Waals surface area contributed by atoms with E-state index in [1.165, 1.54) is 25.7 Å². The highest BCUT2D eigenvalue weighted by molar-refractivity contribution is 6.30. The molecule has 5 heteroatoms. The predicted molar refractivity (Wildman–Crippen MR) is 99.6 cm³/mol. The van der Waals surface area contributed by atoms with Crippen molar-refractivity contribution in [3.63, 3.8) is 0 Å². The monoisotopic (exact) mass is 362 g/mol. The van der Waals surface area contributed by atoms with E-state index in [4.69, 9.17) is 11.6 Å². The van der Waals surface area contributed by atoms with Crippen LogP contribution in [0.4, 0.5) is 0 Å². The lowest BCUT2D eigenvalue weighted by Gasteiger charge is -2.28. The molecule has 2 aliphatic carbocycles. The second-order valence-corrected chi connectivity index (χ2v) is 8.00. The molecule has 25 heavy (non-hydrogen) atoms. The molecule has 136 valence electrons. The van der Waals surface area contributed by atoms with Gasteiger partial charge in [0.25, 0.3) is 5.91 Å². The molecule has 1 aromatic carbocycles. The zero-order valence-corrected chi connectivity index (χ0v) is 15.5. The molecule has 3 rings (SSSR count). The molecule has 2 aliphatic rings. The zero-order valence-electron chi connectivity index (χ0n) is 14.8. The van der Waals surface area contributed by atoms with E-state index < -0.39 is 0 Å². The number of fused-ring (bicyclic) bond motifs is 2. The summed E-state index contributed by atoms with van der Waals surface area (Å²) in [4.78, 5) is 24.1. The van der Waals surface area contributed by atoms with Gasteiger partial charge in [0.05, 0.1) is 0 Å². The normalized spacial score (nSPS) is 25.6. The van der Waals surface area contributed by atoms with E-state index in [9.17, 15) is 9.59 Å². The molecule has 0 saturated heterocycles. The maximum Gasteiger partial charge on any atom is 0.251 e. The number of nitrogens with one attached hydrogen (secondary N) is 2. The van der Waals surface area contributed by atoms with Gasteiger partial charge < -0.3 is 10.6 Å². The van der Waals surface area contributed by atoms with Crippen LogP contribution in [0.2, 0.25) is 5.02 Å². The van der Waals surface area contributed by atoms with Gasteiger partial charge in [0.2, 0.25) is 5.91 Å². The van der Waals surface area contributed by atoms with E-state index in [2.05, 4.69) is 17.6 Å². The van der Waals surface area contributed by atoms with Crippen LogP contribution in [-0.4, -0.2) is 24.4 Å². The van der Waals surface area contributed by atoms with Gasteiger partial charge in [-0.25, -0.2) is 0 Å². The first-order valence-corrected chi connectivity index (χ1v) is 9.74. The Balaban J connectivity index is 1.32. The Kier molecular flexibility index (Phi) is 6.00.